The normalized spacial score (nSPS) is 9.89. The van der Waals surface area contributed by atoms with Gasteiger partial charge in [-0.2, -0.15) is 0 Å². The van der Waals surface area contributed by atoms with Crippen molar-refractivity contribution < 1.29 is 19.2 Å². The molecule has 0 unspecified atom stereocenters. The molecule has 0 fully saturated rings. The molecule has 0 aliphatic carbocycles. The largest absolute Gasteiger partial charge is 0.487 e. The Bertz CT molecular complexity index is 949. The van der Waals surface area contributed by atoms with Crippen LogP contribution in [0.15, 0.2) is 42.5 Å². The summed E-state index contributed by atoms with van der Waals surface area (Å²) in [7, 11) is 1.43. The van der Waals surface area contributed by atoms with Crippen LogP contribution >= 0.6 is 0 Å². The van der Waals surface area contributed by atoms with Crippen LogP contribution in [0.25, 0.3) is 0 Å². The predicted molar refractivity (Wildman–Crippen MR) is 104 cm³/mol. The van der Waals surface area contributed by atoms with Crippen LogP contribution < -0.4 is 10.1 Å². The van der Waals surface area contributed by atoms with E-state index in [1.165, 1.54) is 24.1 Å². The summed E-state index contributed by atoms with van der Waals surface area (Å²) in [5.41, 5.74) is 0.901. The van der Waals surface area contributed by atoms with Gasteiger partial charge in [0, 0.05) is 29.9 Å². The van der Waals surface area contributed by atoms with E-state index in [0.29, 0.717) is 11.3 Å². The van der Waals surface area contributed by atoms with Crippen molar-refractivity contribution in [2.45, 2.75) is 6.92 Å². The summed E-state index contributed by atoms with van der Waals surface area (Å²) in [6, 6.07) is 10.7. The van der Waals surface area contributed by atoms with Crippen molar-refractivity contribution >= 4 is 23.2 Å². The number of amides is 2. The summed E-state index contributed by atoms with van der Waals surface area (Å²) < 4.78 is 5.20. The van der Waals surface area contributed by atoms with E-state index in [4.69, 9.17) is 11.2 Å². The fraction of sp³-hybridized carbons (Fsp3) is 0.200. The Morgan fingerprint density at radius 2 is 2.04 bits per heavy atom. The van der Waals surface area contributed by atoms with Crippen molar-refractivity contribution in [1.29, 1.82) is 0 Å². The molecule has 0 bridgehead atoms. The lowest BCUT2D eigenvalue weighted by molar-refractivity contribution is -0.385. The third-order valence-corrected chi connectivity index (χ3v) is 3.74. The zero-order chi connectivity index (χ0) is 20.7. The highest BCUT2D eigenvalue weighted by molar-refractivity contribution is 5.99. The molecule has 0 aromatic heterocycles. The van der Waals surface area contributed by atoms with Gasteiger partial charge in [-0.15, -0.1) is 6.42 Å². The molecular formula is C20H19N3O5. The molecule has 0 spiro atoms. The number of nitro benzene ring substituents is 1. The molecule has 0 aliphatic rings. The summed E-state index contributed by atoms with van der Waals surface area (Å²) in [5.74, 6) is 1.59. The minimum Gasteiger partial charge on any atom is -0.487 e. The molecule has 28 heavy (non-hydrogen) atoms. The first-order valence-corrected chi connectivity index (χ1v) is 8.39. The molecule has 0 aliphatic heterocycles. The maximum atomic E-state index is 12.5. The average Bonchev–Trinajstić information content (AvgIpc) is 2.67. The second-order valence-electron chi connectivity index (χ2n) is 5.81. The van der Waals surface area contributed by atoms with E-state index in [-0.39, 0.29) is 30.2 Å². The number of anilines is 1. The van der Waals surface area contributed by atoms with Gasteiger partial charge < -0.3 is 15.0 Å². The molecular weight excluding hydrogens is 362 g/mol. The minimum absolute atomic E-state index is 0.0813. The molecule has 2 amide bonds. The quantitative estimate of drug-likeness (QED) is 0.451. The summed E-state index contributed by atoms with van der Waals surface area (Å²) in [6.45, 7) is 1.73. The first-order chi connectivity index (χ1) is 13.3. The van der Waals surface area contributed by atoms with E-state index < -0.39 is 16.7 Å². The van der Waals surface area contributed by atoms with Crippen LogP contribution in [0.2, 0.25) is 0 Å². The van der Waals surface area contributed by atoms with Gasteiger partial charge in [0.25, 0.3) is 5.91 Å². The van der Waals surface area contributed by atoms with E-state index in [0.717, 1.165) is 6.07 Å². The maximum Gasteiger partial charge on any atom is 0.311 e. The van der Waals surface area contributed by atoms with Gasteiger partial charge in [0.2, 0.25) is 5.91 Å². The fourth-order valence-corrected chi connectivity index (χ4v) is 2.47. The Balaban J connectivity index is 2.09. The molecule has 8 nitrogen and oxygen atoms in total. The fourth-order valence-electron chi connectivity index (χ4n) is 2.47. The first kappa shape index (κ1) is 20.5. The molecule has 2 rings (SSSR count). The zero-order valence-electron chi connectivity index (χ0n) is 15.5. The number of ether oxygens (including phenoxy) is 1. The molecule has 2 aromatic rings. The van der Waals surface area contributed by atoms with Crippen molar-refractivity contribution in [3.8, 4) is 18.1 Å². The van der Waals surface area contributed by atoms with Gasteiger partial charge in [-0.25, -0.2) is 0 Å². The Morgan fingerprint density at radius 3 is 2.68 bits per heavy atom. The molecule has 8 heteroatoms. The van der Waals surface area contributed by atoms with Crippen LogP contribution in [0.3, 0.4) is 0 Å². The van der Waals surface area contributed by atoms with E-state index in [1.54, 1.807) is 31.2 Å². The molecule has 1 N–H and O–H groups in total. The Morgan fingerprint density at radius 1 is 1.29 bits per heavy atom. The molecule has 144 valence electrons. The molecule has 0 saturated carbocycles. The van der Waals surface area contributed by atoms with Crippen molar-refractivity contribution in [2.24, 2.45) is 0 Å². The lowest BCUT2D eigenvalue weighted by atomic mass is 10.1. The van der Waals surface area contributed by atoms with Gasteiger partial charge in [-0.1, -0.05) is 12.0 Å². The number of nitrogens with zero attached hydrogens (tertiary/aromatic N) is 2. The number of hydrogen-bond donors (Lipinski definition) is 1. The SMILES string of the molecule is C#Cc1cccc(NC(=O)CN(C)C(=O)c2ccc(OCC)c([N+](=O)[O-])c2)c1. The van der Waals surface area contributed by atoms with Gasteiger partial charge in [0.1, 0.15) is 0 Å². The Labute approximate surface area is 162 Å². The minimum atomic E-state index is -0.618. The number of likely N-dealkylation sites (N-methyl/N-ethyl adjacent to an activating group) is 1. The number of carbonyl (C=O) groups is 2. The third kappa shape index (κ3) is 5.08. The highest BCUT2D eigenvalue weighted by Gasteiger charge is 2.21. The van der Waals surface area contributed by atoms with Gasteiger partial charge in [0.05, 0.1) is 18.1 Å². The number of hydrogen-bond acceptors (Lipinski definition) is 5. The monoisotopic (exact) mass is 381 g/mol. The van der Waals surface area contributed by atoms with Crippen LogP contribution in [-0.4, -0.2) is 41.8 Å². The lowest BCUT2D eigenvalue weighted by Crippen LogP contribution is -2.35. The smallest absolute Gasteiger partial charge is 0.311 e. The van der Waals surface area contributed by atoms with Crippen LogP contribution in [0.1, 0.15) is 22.8 Å². The predicted octanol–water partition coefficient (Wildman–Crippen LogP) is 2.69. The average molecular weight is 381 g/mol. The second-order valence-corrected chi connectivity index (χ2v) is 5.81. The summed E-state index contributed by atoms with van der Waals surface area (Å²) in [5, 5.41) is 13.8. The molecule has 0 radical (unpaired) electrons. The van der Waals surface area contributed by atoms with Gasteiger partial charge in [0.15, 0.2) is 5.75 Å². The number of carbonyl (C=O) groups excluding carboxylic acids is 2. The van der Waals surface area contributed by atoms with Crippen molar-refractivity contribution in [1.82, 2.24) is 4.90 Å². The zero-order valence-corrected chi connectivity index (χ0v) is 15.5. The van der Waals surface area contributed by atoms with Gasteiger partial charge >= 0.3 is 5.69 Å². The third-order valence-electron chi connectivity index (χ3n) is 3.74. The number of terminal acetylenes is 1. The van der Waals surface area contributed by atoms with Gasteiger partial charge in [-0.3, -0.25) is 19.7 Å². The summed E-state index contributed by atoms with van der Waals surface area (Å²) >= 11 is 0. The highest BCUT2D eigenvalue weighted by atomic mass is 16.6. The first-order valence-electron chi connectivity index (χ1n) is 8.39. The Kier molecular flexibility index (Phi) is 6.71. The number of nitro groups is 1. The van der Waals surface area contributed by atoms with Gasteiger partial charge in [-0.05, 0) is 37.3 Å². The number of nitrogens with one attached hydrogen (secondary N) is 1. The van der Waals surface area contributed by atoms with E-state index in [2.05, 4.69) is 11.2 Å². The Hall–Kier alpha value is -3.86. The van der Waals surface area contributed by atoms with Crippen molar-refractivity contribution in [2.75, 3.05) is 25.5 Å². The number of rotatable bonds is 7. The second kappa shape index (κ2) is 9.19. The van der Waals surface area contributed by atoms with Crippen LogP contribution in [-0.2, 0) is 4.79 Å². The summed E-state index contributed by atoms with van der Waals surface area (Å²) in [4.78, 5) is 36.5. The molecule has 2 aromatic carbocycles. The summed E-state index contributed by atoms with van der Waals surface area (Å²) in [6.07, 6.45) is 5.32. The topological polar surface area (TPSA) is 102 Å². The lowest BCUT2D eigenvalue weighted by Gasteiger charge is -2.17. The van der Waals surface area contributed by atoms with Crippen LogP contribution in [0.5, 0.6) is 5.75 Å². The van der Waals surface area contributed by atoms with Crippen molar-refractivity contribution in [3.05, 3.63) is 63.7 Å². The molecule has 0 atom stereocenters. The number of benzene rings is 2. The van der Waals surface area contributed by atoms with Crippen LogP contribution in [0.4, 0.5) is 11.4 Å². The molecule has 0 heterocycles. The van der Waals surface area contributed by atoms with Crippen LogP contribution in [0, 0.1) is 22.5 Å². The van der Waals surface area contributed by atoms with E-state index in [9.17, 15) is 19.7 Å². The highest BCUT2D eigenvalue weighted by Crippen LogP contribution is 2.28. The van der Waals surface area contributed by atoms with E-state index in [1.807, 2.05) is 0 Å². The van der Waals surface area contributed by atoms with Crippen molar-refractivity contribution in [3.63, 3.8) is 0 Å². The standard InChI is InChI=1S/C20H19N3O5/c1-4-14-7-6-8-16(11-14)21-19(24)13-22(3)20(25)15-9-10-18(28-5-2)17(12-15)23(26)27/h1,6-12H,5,13H2,2-3H3,(H,21,24). The maximum absolute atomic E-state index is 12.5. The van der Waals surface area contributed by atoms with E-state index >= 15 is 0 Å². The molecule has 0 saturated heterocycles.